The van der Waals surface area contributed by atoms with Gasteiger partial charge in [-0.1, -0.05) is 41.4 Å². The molecular formula is C23H17Cl2N4O3S-. The first kappa shape index (κ1) is 23.1. The summed E-state index contributed by atoms with van der Waals surface area (Å²) in [5.74, 6) is -0.467. The van der Waals surface area contributed by atoms with Crippen LogP contribution in [-0.4, -0.2) is 24.6 Å². The number of benzene rings is 3. The van der Waals surface area contributed by atoms with Crippen molar-refractivity contribution in [1.29, 1.82) is 0 Å². The lowest BCUT2D eigenvalue weighted by Gasteiger charge is -2.29. The van der Waals surface area contributed by atoms with Gasteiger partial charge in [-0.05, 0) is 55.0 Å². The van der Waals surface area contributed by atoms with Gasteiger partial charge in [0.2, 0.25) is 0 Å². The van der Waals surface area contributed by atoms with E-state index in [0.717, 1.165) is 9.87 Å². The summed E-state index contributed by atoms with van der Waals surface area (Å²) in [6.07, 6.45) is 2.98. The first-order chi connectivity index (χ1) is 15.8. The Balaban J connectivity index is 1.77. The van der Waals surface area contributed by atoms with Crippen LogP contribution in [0.2, 0.25) is 10.0 Å². The summed E-state index contributed by atoms with van der Waals surface area (Å²) in [6.45, 7) is 1.82. The molecule has 1 N–H and O–H groups in total. The van der Waals surface area contributed by atoms with Crippen molar-refractivity contribution in [3.05, 3.63) is 94.2 Å². The molecule has 2 atom stereocenters. The van der Waals surface area contributed by atoms with E-state index < -0.39 is 17.2 Å². The van der Waals surface area contributed by atoms with E-state index in [9.17, 15) is 13.6 Å². The number of nitrogens with one attached hydrogen (secondary N) is 1. The third-order valence-corrected chi connectivity index (χ3v) is 6.16. The van der Waals surface area contributed by atoms with Crippen molar-refractivity contribution >= 4 is 62.8 Å². The Morgan fingerprint density at radius 1 is 1.00 bits per heavy atom. The largest absolute Gasteiger partial charge is 0.755 e. The van der Waals surface area contributed by atoms with Crippen molar-refractivity contribution in [1.82, 2.24) is 15.3 Å². The Hall–Kier alpha value is -3.04. The molecule has 7 nitrogen and oxygen atoms in total. The summed E-state index contributed by atoms with van der Waals surface area (Å²) in [5.41, 5.74) is 2.19. The van der Waals surface area contributed by atoms with E-state index in [2.05, 4.69) is 15.3 Å². The number of hydrogen-bond donors (Lipinski definition) is 1. The third kappa shape index (κ3) is 4.99. The number of halogens is 2. The van der Waals surface area contributed by atoms with E-state index in [1.807, 2.05) is 19.1 Å². The third-order valence-electron chi connectivity index (χ3n) is 4.99. The first-order valence-corrected chi connectivity index (χ1v) is 11.6. The number of hydrogen-bond acceptors (Lipinski definition) is 5. The molecule has 0 fully saturated rings. The molecule has 0 bridgehead atoms. The lowest BCUT2D eigenvalue weighted by Crippen LogP contribution is -2.29. The predicted octanol–water partition coefficient (Wildman–Crippen LogP) is 5.36. The second-order valence-electron chi connectivity index (χ2n) is 7.12. The van der Waals surface area contributed by atoms with E-state index in [1.54, 1.807) is 30.3 Å². The van der Waals surface area contributed by atoms with Crippen LogP contribution in [0.4, 0.5) is 11.4 Å². The van der Waals surface area contributed by atoms with Gasteiger partial charge in [0, 0.05) is 22.4 Å². The molecule has 2 unspecified atom stereocenters. The number of aromatic nitrogens is 2. The molecule has 0 saturated heterocycles. The minimum atomic E-state index is -2.79. The van der Waals surface area contributed by atoms with E-state index in [-0.39, 0.29) is 28.0 Å². The average Bonchev–Trinajstić information content (AvgIpc) is 2.79. The Kier molecular flexibility index (Phi) is 6.90. The summed E-state index contributed by atoms with van der Waals surface area (Å²) >= 11 is 9.35. The van der Waals surface area contributed by atoms with Crippen molar-refractivity contribution in [3.63, 3.8) is 0 Å². The van der Waals surface area contributed by atoms with Gasteiger partial charge in [0.1, 0.15) is 5.52 Å². The van der Waals surface area contributed by atoms with Crippen LogP contribution >= 0.6 is 23.2 Å². The molecule has 0 aliphatic heterocycles. The number of rotatable bonds is 6. The molecule has 0 aliphatic carbocycles. The molecule has 0 aliphatic rings. The van der Waals surface area contributed by atoms with Gasteiger partial charge in [0.25, 0.3) is 5.91 Å². The Labute approximate surface area is 202 Å². The number of nitrogens with zero attached hydrogens (tertiary/aromatic N) is 3. The topological polar surface area (TPSA) is 98.2 Å². The standard InChI is InChI=1S/C23H18Cl2N4O3S/c1-14(15-5-7-16(24)8-6-15)28-23(30)18-10-9-17(25)13-21(18)29(33(31)32)20-4-2-3-19-22(20)27-12-11-26-19/h2-14H,1H3,(H,28,30)(H,31,32)/p-1. The van der Waals surface area contributed by atoms with Gasteiger partial charge in [-0.3, -0.25) is 23.3 Å². The Morgan fingerprint density at radius 2 is 1.70 bits per heavy atom. The molecular weight excluding hydrogens is 483 g/mol. The van der Waals surface area contributed by atoms with Gasteiger partial charge in [0.05, 0.1) is 39.8 Å². The fourth-order valence-corrected chi connectivity index (χ4v) is 4.32. The lowest BCUT2D eigenvalue weighted by atomic mass is 10.1. The fraction of sp³-hybridized carbons (Fsp3) is 0.0870. The van der Waals surface area contributed by atoms with Crippen LogP contribution in [0.15, 0.2) is 73.1 Å². The number of fused-ring (bicyclic) bond motifs is 1. The van der Waals surface area contributed by atoms with Crippen LogP contribution in [0.25, 0.3) is 11.0 Å². The highest BCUT2D eigenvalue weighted by molar-refractivity contribution is 7.81. The van der Waals surface area contributed by atoms with Crippen LogP contribution in [0.1, 0.15) is 28.9 Å². The molecule has 4 rings (SSSR count). The highest BCUT2D eigenvalue weighted by Crippen LogP contribution is 2.35. The summed E-state index contributed by atoms with van der Waals surface area (Å²) in [7, 11) is 0. The number of amides is 1. The Bertz CT molecular complexity index is 1350. The highest BCUT2D eigenvalue weighted by Gasteiger charge is 2.23. The maximum atomic E-state index is 13.2. The van der Waals surface area contributed by atoms with Crippen LogP contribution in [0.3, 0.4) is 0 Å². The molecule has 10 heteroatoms. The molecule has 0 radical (unpaired) electrons. The molecule has 1 aromatic heterocycles. The fourth-order valence-electron chi connectivity index (χ4n) is 3.41. The van der Waals surface area contributed by atoms with Gasteiger partial charge in [-0.15, -0.1) is 0 Å². The summed E-state index contributed by atoms with van der Waals surface area (Å²) in [5, 5.41) is 3.75. The quantitative estimate of drug-likeness (QED) is 0.360. The predicted molar refractivity (Wildman–Crippen MR) is 129 cm³/mol. The SMILES string of the molecule is CC(NC(=O)c1ccc(Cl)cc1N(c1cccc2nccnc12)S(=O)[O-])c1ccc(Cl)cc1. The molecule has 4 aromatic rings. The molecule has 3 aromatic carbocycles. The average molecular weight is 500 g/mol. The van der Waals surface area contributed by atoms with Crippen molar-refractivity contribution in [2.45, 2.75) is 13.0 Å². The second-order valence-corrected chi connectivity index (χ2v) is 8.79. The van der Waals surface area contributed by atoms with Crippen LogP contribution in [0, 0.1) is 0 Å². The van der Waals surface area contributed by atoms with E-state index in [0.29, 0.717) is 16.1 Å². The number of carbonyl (C=O) groups is 1. The molecule has 1 heterocycles. The van der Waals surface area contributed by atoms with Gasteiger partial charge in [-0.2, -0.15) is 0 Å². The minimum Gasteiger partial charge on any atom is -0.755 e. The van der Waals surface area contributed by atoms with Crippen LogP contribution in [-0.2, 0) is 11.3 Å². The minimum absolute atomic E-state index is 0.0924. The van der Waals surface area contributed by atoms with Crippen LogP contribution < -0.4 is 9.62 Å². The summed E-state index contributed by atoms with van der Waals surface area (Å²) in [6, 6.07) is 16.1. The zero-order chi connectivity index (χ0) is 23.5. The number of para-hydroxylation sites is 1. The van der Waals surface area contributed by atoms with Gasteiger partial charge < -0.3 is 9.87 Å². The maximum Gasteiger partial charge on any atom is 0.253 e. The van der Waals surface area contributed by atoms with Gasteiger partial charge >= 0.3 is 0 Å². The molecule has 0 spiro atoms. The van der Waals surface area contributed by atoms with Crippen molar-refractivity contribution in [3.8, 4) is 0 Å². The first-order valence-electron chi connectivity index (χ1n) is 9.80. The van der Waals surface area contributed by atoms with E-state index in [4.69, 9.17) is 23.2 Å². The normalized spacial score (nSPS) is 12.8. The van der Waals surface area contributed by atoms with E-state index >= 15 is 0 Å². The highest BCUT2D eigenvalue weighted by atomic mass is 35.5. The zero-order valence-electron chi connectivity index (χ0n) is 17.2. The molecule has 1 amide bonds. The molecule has 33 heavy (non-hydrogen) atoms. The zero-order valence-corrected chi connectivity index (χ0v) is 19.6. The van der Waals surface area contributed by atoms with E-state index in [1.165, 1.54) is 30.6 Å². The van der Waals surface area contributed by atoms with Crippen molar-refractivity contribution in [2.75, 3.05) is 4.31 Å². The lowest BCUT2D eigenvalue weighted by molar-refractivity contribution is 0.0940. The van der Waals surface area contributed by atoms with Crippen molar-refractivity contribution in [2.24, 2.45) is 0 Å². The van der Waals surface area contributed by atoms with Crippen molar-refractivity contribution < 1.29 is 13.6 Å². The molecule has 0 saturated carbocycles. The Morgan fingerprint density at radius 3 is 2.42 bits per heavy atom. The van der Waals surface area contributed by atoms with Gasteiger partial charge in [-0.25, -0.2) is 0 Å². The second kappa shape index (κ2) is 9.84. The number of anilines is 2. The smallest absolute Gasteiger partial charge is 0.253 e. The van der Waals surface area contributed by atoms with Crippen LogP contribution in [0.5, 0.6) is 0 Å². The van der Waals surface area contributed by atoms with Gasteiger partial charge in [0.15, 0.2) is 0 Å². The monoisotopic (exact) mass is 499 g/mol. The molecule has 168 valence electrons. The summed E-state index contributed by atoms with van der Waals surface area (Å²) < 4.78 is 25.8. The number of carbonyl (C=O) groups excluding carboxylic acids is 1. The summed E-state index contributed by atoms with van der Waals surface area (Å²) in [4.78, 5) is 21.7. The maximum absolute atomic E-state index is 13.2.